The van der Waals surface area contributed by atoms with Crippen molar-refractivity contribution >= 4 is 28.9 Å². The molecule has 4 rings (SSSR count). The van der Waals surface area contributed by atoms with Gasteiger partial charge in [0.1, 0.15) is 23.5 Å². The molecule has 5 nitrogen and oxygen atoms in total. The van der Waals surface area contributed by atoms with E-state index in [4.69, 9.17) is 27.9 Å². The van der Waals surface area contributed by atoms with E-state index in [1.165, 1.54) is 6.07 Å². The quantitative estimate of drug-likeness (QED) is 0.468. The molecule has 3 aromatic rings. The Morgan fingerprint density at radius 1 is 1.12 bits per heavy atom. The highest BCUT2D eigenvalue weighted by Gasteiger charge is 2.29. The van der Waals surface area contributed by atoms with E-state index in [1.807, 2.05) is 6.92 Å². The fourth-order valence-corrected chi connectivity index (χ4v) is 4.10. The van der Waals surface area contributed by atoms with Crippen LogP contribution in [0.25, 0.3) is 5.69 Å². The minimum Gasteiger partial charge on any atom is -0.381 e. The molecule has 1 atom stereocenters. The summed E-state index contributed by atoms with van der Waals surface area (Å²) >= 11 is 12.8. The molecule has 0 unspecified atom stereocenters. The molecule has 1 aromatic heterocycles. The van der Waals surface area contributed by atoms with Crippen LogP contribution in [0.5, 0.6) is 0 Å². The molecule has 0 saturated carbocycles. The molecular weight excluding hydrogens is 459 g/mol. The van der Waals surface area contributed by atoms with Crippen molar-refractivity contribution < 1.29 is 13.5 Å². The second kappa shape index (κ2) is 9.10. The SMILES string of the molecule is CCOCCc1cn2c(nc1=O)[C@H](C)N=C(c1c(F)cccc1F)c1c-2ccc(Cl)c1Cl. The van der Waals surface area contributed by atoms with Gasteiger partial charge in [-0.05, 0) is 38.1 Å². The van der Waals surface area contributed by atoms with E-state index in [2.05, 4.69) is 9.98 Å². The first-order chi connectivity index (χ1) is 15.3. The van der Waals surface area contributed by atoms with Gasteiger partial charge in [0.2, 0.25) is 0 Å². The maximum atomic E-state index is 14.8. The molecule has 0 spiro atoms. The Kier molecular flexibility index (Phi) is 6.42. The van der Waals surface area contributed by atoms with Gasteiger partial charge in [-0.25, -0.2) is 8.78 Å². The third-order valence-electron chi connectivity index (χ3n) is 5.21. The van der Waals surface area contributed by atoms with Gasteiger partial charge < -0.3 is 9.30 Å². The minimum absolute atomic E-state index is 0.00409. The van der Waals surface area contributed by atoms with Crippen molar-refractivity contribution in [2.45, 2.75) is 26.3 Å². The Labute approximate surface area is 193 Å². The van der Waals surface area contributed by atoms with Crippen molar-refractivity contribution in [1.29, 1.82) is 0 Å². The molecule has 1 aliphatic rings. The molecule has 166 valence electrons. The van der Waals surface area contributed by atoms with Crippen molar-refractivity contribution in [3.63, 3.8) is 0 Å². The Bertz CT molecular complexity index is 1270. The number of aliphatic imine (C=N–C) groups is 1. The van der Waals surface area contributed by atoms with Crippen LogP contribution in [0.2, 0.25) is 10.0 Å². The summed E-state index contributed by atoms with van der Waals surface area (Å²) in [4.78, 5) is 21.4. The Hall–Kier alpha value is -2.61. The first-order valence-electron chi connectivity index (χ1n) is 10.0. The minimum atomic E-state index is -0.788. The molecule has 0 aliphatic carbocycles. The molecule has 0 N–H and O–H groups in total. The predicted octanol–water partition coefficient (Wildman–Crippen LogP) is 5.31. The molecule has 0 amide bonds. The van der Waals surface area contributed by atoms with Gasteiger partial charge in [-0.15, -0.1) is 0 Å². The lowest BCUT2D eigenvalue weighted by Crippen LogP contribution is -2.22. The number of nitrogens with zero attached hydrogens (tertiary/aromatic N) is 3. The second-order valence-electron chi connectivity index (χ2n) is 7.25. The number of benzene rings is 2. The van der Waals surface area contributed by atoms with E-state index in [1.54, 1.807) is 29.8 Å². The smallest absolute Gasteiger partial charge is 0.276 e. The van der Waals surface area contributed by atoms with Crippen LogP contribution in [-0.2, 0) is 11.2 Å². The van der Waals surface area contributed by atoms with Crippen LogP contribution >= 0.6 is 23.2 Å². The molecule has 1 aliphatic heterocycles. The van der Waals surface area contributed by atoms with Crippen LogP contribution < -0.4 is 5.56 Å². The maximum Gasteiger partial charge on any atom is 0.276 e. The average Bonchev–Trinajstić information content (AvgIpc) is 2.86. The summed E-state index contributed by atoms with van der Waals surface area (Å²) in [5.41, 5.74) is 0.439. The highest BCUT2D eigenvalue weighted by atomic mass is 35.5. The Balaban J connectivity index is 2.02. The first kappa shape index (κ1) is 22.6. The molecule has 32 heavy (non-hydrogen) atoms. The van der Waals surface area contributed by atoms with Gasteiger partial charge in [-0.3, -0.25) is 9.79 Å². The number of fused-ring (bicyclic) bond motifs is 3. The molecule has 0 saturated heterocycles. The molecule has 0 fully saturated rings. The van der Waals surface area contributed by atoms with Gasteiger partial charge in [0.15, 0.2) is 0 Å². The normalized spacial score (nSPS) is 15.1. The van der Waals surface area contributed by atoms with Crippen LogP contribution in [0.1, 0.15) is 42.4 Å². The zero-order valence-corrected chi connectivity index (χ0v) is 18.8. The number of aromatic nitrogens is 2. The zero-order valence-electron chi connectivity index (χ0n) is 17.3. The Morgan fingerprint density at radius 3 is 2.53 bits per heavy atom. The van der Waals surface area contributed by atoms with Gasteiger partial charge >= 0.3 is 0 Å². The van der Waals surface area contributed by atoms with E-state index in [0.717, 1.165) is 12.1 Å². The van der Waals surface area contributed by atoms with Crippen molar-refractivity contribution in [2.75, 3.05) is 13.2 Å². The van der Waals surface area contributed by atoms with Crippen molar-refractivity contribution in [3.8, 4) is 5.69 Å². The van der Waals surface area contributed by atoms with E-state index in [9.17, 15) is 13.6 Å². The summed E-state index contributed by atoms with van der Waals surface area (Å²) in [7, 11) is 0. The largest absolute Gasteiger partial charge is 0.381 e. The van der Waals surface area contributed by atoms with Crippen LogP contribution in [-0.4, -0.2) is 28.5 Å². The Morgan fingerprint density at radius 2 is 1.84 bits per heavy atom. The van der Waals surface area contributed by atoms with Crippen LogP contribution in [0.4, 0.5) is 8.78 Å². The lowest BCUT2D eigenvalue weighted by atomic mass is 9.99. The summed E-state index contributed by atoms with van der Waals surface area (Å²) in [5, 5.41) is 0.303. The van der Waals surface area contributed by atoms with Gasteiger partial charge in [0.25, 0.3) is 5.56 Å². The fourth-order valence-electron chi connectivity index (χ4n) is 3.69. The van der Waals surface area contributed by atoms with E-state index < -0.39 is 23.2 Å². The molecule has 2 heterocycles. The summed E-state index contributed by atoms with van der Waals surface area (Å²) < 4.78 is 36.6. The summed E-state index contributed by atoms with van der Waals surface area (Å²) in [5.74, 6) is -1.26. The number of halogens is 4. The molecule has 9 heteroatoms. The molecule has 0 bridgehead atoms. The third-order valence-corrected chi connectivity index (χ3v) is 6.01. The second-order valence-corrected chi connectivity index (χ2v) is 8.04. The van der Waals surface area contributed by atoms with Crippen LogP contribution in [0.3, 0.4) is 0 Å². The van der Waals surface area contributed by atoms with Gasteiger partial charge in [0.05, 0.1) is 33.6 Å². The van der Waals surface area contributed by atoms with E-state index in [0.29, 0.717) is 36.7 Å². The lowest BCUT2D eigenvalue weighted by molar-refractivity contribution is 0.150. The summed E-state index contributed by atoms with van der Waals surface area (Å²) in [6.45, 7) is 4.45. The number of hydrogen-bond acceptors (Lipinski definition) is 4. The predicted molar refractivity (Wildman–Crippen MR) is 120 cm³/mol. The van der Waals surface area contributed by atoms with Gasteiger partial charge in [0, 0.05) is 30.4 Å². The average molecular weight is 478 g/mol. The van der Waals surface area contributed by atoms with E-state index in [-0.39, 0.29) is 26.9 Å². The maximum absolute atomic E-state index is 14.8. The van der Waals surface area contributed by atoms with Gasteiger partial charge in [-0.1, -0.05) is 29.3 Å². The summed E-state index contributed by atoms with van der Waals surface area (Å²) in [6.07, 6.45) is 2.01. The number of hydrogen-bond donors (Lipinski definition) is 0. The standard InChI is InChI=1S/C23H19Cl2F2N3O2/c1-3-32-10-9-13-11-30-17-8-7-14(24)20(25)19(17)21(18-15(26)5-4-6-16(18)27)28-12(2)22(30)29-23(13)31/h4-8,11-12H,3,9-10H2,1-2H3/t12-/m0/s1. The highest BCUT2D eigenvalue weighted by Crippen LogP contribution is 2.37. The molecular formula is C23H19Cl2F2N3O2. The highest BCUT2D eigenvalue weighted by molar-refractivity contribution is 6.45. The lowest BCUT2D eigenvalue weighted by Gasteiger charge is -2.17. The fraction of sp³-hybridized carbons (Fsp3) is 0.261. The van der Waals surface area contributed by atoms with Gasteiger partial charge in [-0.2, -0.15) is 4.98 Å². The van der Waals surface area contributed by atoms with Crippen LogP contribution in [0, 0.1) is 11.6 Å². The topological polar surface area (TPSA) is 56.5 Å². The van der Waals surface area contributed by atoms with Crippen molar-refractivity contribution in [3.05, 3.63) is 91.1 Å². The zero-order chi connectivity index (χ0) is 23.0. The molecule has 0 radical (unpaired) electrons. The third kappa shape index (κ3) is 3.96. The number of rotatable bonds is 5. The monoisotopic (exact) mass is 477 g/mol. The molecule has 2 aromatic carbocycles. The van der Waals surface area contributed by atoms with E-state index >= 15 is 0 Å². The van der Waals surface area contributed by atoms with Crippen LogP contribution in [0.15, 0.2) is 46.3 Å². The number of ether oxygens (including phenoxy) is 1. The summed E-state index contributed by atoms with van der Waals surface area (Å²) in [6, 6.07) is 6.12. The first-order valence-corrected chi connectivity index (χ1v) is 10.8. The van der Waals surface area contributed by atoms with Crippen molar-refractivity contribution in [2.24, 2.45) is 4.99 Å². The van der Waals surface area contributed by atoms with Crippen molar-refractivity contribution in [1.82, 2.24) is 9.55 Å².